The fourth-order valence-corrected chi connectivity index (χ4v) is 3.40. The van der Waals surface area contributed by atoms with E-state index in [0.29, 0.717) is 11.0 Å². The van der Waals surface area contributed by atoms with Crippen LogP contribution in [-0.2, 0) is 11.2 Å². The molecule has 0 aliphatic carbocycles. The predicted octanol–water partition coefficient (Wildman–Crippen LogP) is 1.57. The summed E-state index contributed by atoms with van der Waals surface area (Å²) >= 11 is 1.81. The van der Waals surface area contributed by atoms with Gasteiger partial charge in [0.05, 0.1) is 5.75 Å². The zero-order valence-corrected chi connectivity index (χ0v) is 12.9. The second-order valence-electron chi connectivity index (χ2n) is 5.18. The minimum Gasteiger partial charge on any atom is -0.345 e. The Morgan fingerprint density at radius 2 is 2.10 bits per heavy atom. The Hall–Kier alpha value is -1.07. The number of hydrogen-bond acceptors (Lipinski definition) is 4. The van der Waals surface area contributed by atoms with Gasteiger partial charge in [-0.05, 0) is 50.0 Å². The van der Waals surface area contributed by atoms with Crippen LogP contribution in [0.3, 0.4) is 0 Å². The number of hydrogen-bond donors (Lipinski definition) is 1. The van der Waals surface area contributed by atoms with E-state index >= 15 is 0 Å². The first kappa shape index (κ1) is 15.3. The van der Waals surface area contributed by atoms with E-state index in [9.17, 15) is 4.79 Å². The lowest BCUT2D eigenvalue weighted by Gasteiger charge is -2.23. The molecule has 0 spiro atoms. The van der Waals surface area contributed by atoms with Crippen LogP contribution < -0.4 is 5.32 Å². The van der Waals surface area contributed by atoms with Crippen molar-refractivity contribution < 1.29 is 4.79 Å². The number of carbonyl (C=O) groups is 1. The molecule has 0 unspecified atom stereocenters. The fourth-order valence-electron chi connectivity index (χ4n) is 2.23. The van der Waals surface area contributed by atoms with Crippen LogP contribution in [0.4, 0.5) is 0 Å². The number of pyridine rings is 1. The summed E-state index contributed by atoms with van der Waals surface area (Å²) in [6.07, 6.45) is 6.84. The fraction of sp³-hybridized carbons (Fsp3) is 0.600. The molecule has 0 bridgehead atoms. The topological polar surface area (TPSA) is 45.2 Å². The third kappa shape index (κ3) is 5.13. The smallest absolute Gasteiger partial charge is 0.232 e. The van der Waals surface area contributed by atoms with Crippen molar-refractivity contribution in [2.24, 2.45) is 0 Å². The lowest BCUT2D eigenvalue weighted by Crippen LogP contribution is -2.33. The van der Waals surface area contributed by atoms with Crippen LogP contribution in [0.25, 0.3) is 0 Å². The summed E-state index contributed by atoms with van der Waals surface area (Å²) in [7, 11) is 1.90. The van der Waals surface area contributed by atoms with Gasteiger partial charge in [0.1, 0.15) is 0 Å². The van der Waals surface area contributed by atoms with Crippen molar-refractivity contribution in [1.82, 2.24) is 15.2 Å². The number of nitrogens with one attached hydrogen (secondary N) is 1. The summed E-state index contributed by atoms with van der Waals surface area (Å²) in [6.45, 7) is 2.95. The maximum atomic E-state index is 12.1. The lowest BCUT2D eigenvalue weighted by atomic mass is 10.2. The molecule has 1 aliphatic rings. The lowest BCUT2D eigenvalue weighted by molar-refractivity contribution is -0.127. The second kappa shape index (κ2) is 8.27. The maximum Gasteiger partial charge on any atom is 0.232 e. The Balaban J connectivity index is 1.66. The average Bonchev–Trinajstić information content (AvgIpc) is 2.52. The molecule has 1 saturated heterocycles. The van der Waals surface area contributed by atoms with Gasteiger partial charge in [-0.25, -0.2) is 0 Å². The third-order valence-corrected chi connectivity index (χ3v) is 5.00. The molecule has 2 rings (SSSR count). The van der Waals surface area contributed by atoms with Gasteiger partial charge < -0.3 is 10.2 Å². The molecule has 1 aromatic rings. The molecule has 0 aromatic carbocycles. The largest absolute Gasteiger partial charge is 0.345 e. The van der Waals surface area contributed by atoms with Gasteiger partial charge in [-0.15, -0.1) is 11.8 Å². The SMILES string of the molecule is CN(CCc1ccncc1)C(=O)CSC1CCNCC1. The van der Waals surface area contributed by atoms with Crippen LogP contribution in [-0.4, -0.2) is 53.5 Å². The number of amides is 1. The van der Waals surface area contributed by atoms with E-state index in [1.807, 2.05) is 35.8 Å². The second-order valence-corrected chi connectivity index (χ2v) is 6.47. The van der Waals surface area contributed by atoms with Crippen LogP contribution in [0.5, 0.6) is 0 Å². The van der Waals surface area contributed by atoms with Gasteiger partial charge >= 0.3 is 0 Å². The minimum atomic E-state index is 0.239. The molecular formula is C15H23N3OS. The van der Waals surface area contributed by atoms with E-state index in [-0.39, 0.29) is 5.91 Å². The average molecular weight is 293 g/mol. The Labute approximate surface area is 125 Å². The van der Waals surface area contributed by atoms with Crippen LogP contribution in [0.2, 0.25) is 0 Å². The van der Waals surface area contributed by atoms with Gasteiger partial charge in [-0.3, -0.25) is 9.78 Å². The van der Waals surface area contributed by atoms with E-state index in [2.05, 4.69) is 10.3 Å². The molecule has 1 fully saturated rings. The number of rotatable bonds is 6. The molecule has 1 aliphatic heterocycles. The van der Waals surface area contributed by atoms with Gasteiger partial charge in [-0.1, -0.05) is 0 Å². The number of aromatic nitrogens is 1. The summed E-state index contributed by atoms with van der Waals surface area (Å²) in [5.41, 5.74) is 1.23. The normalized spacial score (nSPS) is 16.1. The first-order chi connectivity index (χ1) is 9.75. The Bertz CT molecular complexity index is 407. The molecule has 1 aromatic heterocycles. The number of likely N-dealkylation sites (N-methyl/N-ethyl adjacent to an activating group) is 1. The van der Waals surface area contributed by atoms with Gasteiger partial charge in [-0.2, -0.15) is 0 Å². The standard InChI is InChI=1S/C15H23N3OS/c1-18(11-6-13-2-7-16-8-3-13)15(19)12-20-14-4-9-17-10-5-14/h2-3,7-8,14,17H,4-6,9-12H2,1H3. The van der Waals surface area contributed by atoms with Crippen molar-refractivity contribution in [3.05, 3.63) is 30.1 Å². The van der Waals surface area contributed by atoms with E-state index in [1.165, 1.54) is 18.4 Å². The highest BCUT2D eigenvalue weighted by atomic mass is 32.2. The first-order valence-corrected chi connectivity index (χ1v) is 8.26. The molecule has 1 N–H and O–H groups in total. The van der Waals surface area contributed by atoms with E-state index in [1.54, 1.807) is 12.4 Å². The maximum absolute atomic E-state index is 12.1. The van der Waals surface area contributed by atoms with Gasteiger partial charge in [0.25, 0.3) is 0 Å². The molecule has 0 saturated carbocycles. The van der Waals surface area contributed by atoms with Crippen molar-refractivity contribution in [2.45, 2.75) is 24.5 Å². The molecule has 5 heteroatoms. The highest BCUT2D eigenvalue weighted by Gasteiger charge is 2.16. The van der Waals surface area contributed by atoms with Crippen molar-refractivity contribution in [2.75, 3.05) is 32.4 Å². The van der Waals surface area contributed by atoms with Gasteiger partial charge in [0.2, 0.25) is 5.91 Å². The molecule has 1 amide bonds. The van der Waals surface area contributed by atoms with Crippen molar-refractivity contribution in [3.63, 3.8) is 0 Å². The first-order valence-electron chi connectivity index (χ1n) is 7.21. The van der Waals surface area contributed by atoms with Crippen LogP contribution in [0.1, 0.15) is 18.4 Å². The molecule has 0 atom stereocenters. The van der Waals surface area contributed by atoms with Crippen molar-refractivity contribution in [1.29, 1.82) is 0 Å². The quantitative estimate of drug-likeness (QED) is 0.865. The number of carbonyl (C=O) groups excluding carboxylic acids is 1. The molecule has 4 nitrogen and oxygen atoms in total. The zero-order chi connectivity index (χ0) is 14.2. The number of nitrogens with zero attached hydrogens (tertiary/aromatic N) is 2. The molecule has 0 radical (unpaired) electrons. The summed E-state index contributed by atoms with van der Waals surface area (Å²) in [6, 6.07) is 4.00. The summed E-state index contributed by atoms with van der Waals surface area (Å²) in [4.78, 5) is 17.9. The van der Waals surface area contributed by atoms with E-state index < -0.39 is 0 Å². The Morgan fingerprint density at radius 3 is 2.80 bits per heavy atom. The van der Waals surface area contributed by atoms with E-state index in [0.717, 1.165) is 26.1 Å². The van der Waals surface area contributed by atoms with Crippen molar-refractivity contribution >= 4 is 17.7 Å². The Kier molecular flexibility index (Phi) is 6.33. The molecule has 2 heterocycles. The zero-order valence-electron chi connectivity index (χ0n) is 12.0. The van der Waals surface area contributed by atoms with Crippen LogP contribution in [0.15, 0.2) is 24.5 Å². The van der Waals surface area contributed by atoms with Crippen molar-refractivity contribution in [3.8, 4) is 0 Å². The predicted molar refractivity (Wildman–Crippen MR) is 83.9 cm³/mol. The van der Waals surface area contributed by atoms with Crippen LogP contribution >= 0.6 is 11.8 Å². The highest BCUT2D eigenvalue weighted by molar-refractivity contribution is 8.00. The monoisotopic (exact) mass is 293 g/mol. The Morgan fingerprint density at radius 1 is 1.40 bits per heavy atom. The highest BCUT2D eigenvalue weighted by Crippen LogP contribution is 2.20. The van der Waals surface area contributed by atoms with Gasteiger partial charge in [0, 0.05) is 31.2 Å². The number of piperidine rings is 1. The molecular weight excluding hydrogens is 270 g/mol. The summed E-state index contributed by atoms with van der Waals surface area (Å²) < 4.78 is 0. The van der Waals surface area contributed by atoms with Crippen LogP contribution in [0, 0.1) is 0 Å². The van der Waals surface area contributed by atoms with E-state index in [4.69, 9.17) is 0 Å². The molecule has 110 valence electrons. The number of thioether (sulfide) groups is 1. The van der Waals surface area contributed by atoms with Gasteiger partial charge in [0.15, 0.2) is 0 Å². The third-order valence-electron chi connectivity index (χ3n) is 3.64. The molecule has 20 heavy (non-hydrogen) atoms. The minimum absolute atomic E-state index is 0.239. The summed E-state index contributed by atoms with van der Waals surface area (Å²) in [5.74, 6) is 0.847. The summed E-state index contributed by atoms with van der Waals surface area (Å²) in [5, 5.41) is 4.00.